The van der Waals surface area contributed by atoms with Gasteiger partial charge in [0.25, 0.3) is 0 Å². The van der Waals surface area contributed by atoms with Crippen molar-refractivity contribution < 1.29 is 14.3 Å². The number of carbonyl (C=O) groups is 1. The van der Waals surface area contributed by atoms with Crippen molar-refractivity contribution in [3.63, 3.8) is 0 Å². The Morgan fingerprint density at radius 2 is 1.88 bits per heavy atom. The molecule has 0 unspecified atom stereocenters. The van der Waals surface area contributed by atoms with Crippen molar-refractivity contribution in [3.05, 3.63) is 17.7 Å². The minimum Gasteiger partial charge on any atom is -0.496 e. The normalized spacial score (nSPS) is 9.94. The van der Waals surface area contributed by atoms with Gasteiger partial charge in [-0.15, -0.1) is 11.6 Å². The number of carbonyl (C=O) groups excluding carboxylic acids is 1. The van der Waals surface area contributed by atoms with E-state index in [1.165, 1.54) is 4.90 Å². The van der Waals surface area contributed by atoms with Gasteiger partial charge in [0.05, 0.1) is 19.9 Å². The average Bonchev–Trinajstić information content (AvgIpc) is 2.36. The maximum atomic E-state index is 11.6. The van der Waals surface area contributed by atoms with E-state index in [1.807, 2.05) is 13.0 Å². The van der Waals surface area contributed by atoms with Crippen LogP contribution in [0.3, 0.4) is 0 Å². The summed E-state index contributed by atoms with van der Waals surface area (Å²) in [5.74, 6) is 1.05. The van der Waals surface area contributed by atoms with E-state index < -0.39 is 0 Å². The maximum absolute atomic E-state index is 11.6. The molecule has 0 N–H and O–H groups in total. The molecule has 1 aromatic carbocycles. The fourth-order valence-corrected chi connectivity index (χ4v) is 1.70. The lowest BCUT2D eigenvalue weighted by molar-refractivity contribution is -0.116. The number of halogens is 1. The van der Waals surface area contributed by atoms with E-state index >= 15 is 0 Å². The van der Waals surface area contributed by atoms with Crippen LogP contribution in [-0.4, -0.2) is 33.1 Å². The molecule has 0 heterocycles. The van der Waals surface area contributed by atoms with E-state index in [0.29, 0.717) is 17.2 Å². The first-order valence-electron chi connectivity index (χ1n) is 5.10. The third-order valence-electron chi connectivity index (χ3n) is 2.55. The first-order chi connectivity index (χ1) is 8.04. The Kier molecular flexibility index (Phi) is 4.63. The van der Waals surface area contributed by atoms with Crippen molar-refractivity contribution in [1.82, 2.24) is 0 Å². The molecule has 0 saturated carbocycles. The molecule has 0 aromatic heterocycles. The second-order valence-corrected chi connectivity index (χ2v) is 3.85. The molecule has 0 aliphatic heterocycles. The van der Waals surface area contributed by atoms with E-state index in [2.05, 4.69) is 0 Å². The summed E-state index contributed by atoms with van der Waals surface area (Å²) in [4.78, 5) is 13.0. The zero-order valence-electron chi connectivity index (χ0n) is 10.4. The van der Waals surface area contributed by atoms with Crippen molar-refractivity contribution in [1.29, 1.82) is 0 Å². The first kappa shape index (κ1) is 13.6. The number of aryl methyl sites for hydroxylation is 1. The minimum absolute atomic E-state index is 0.0736. The van der Waals surface area contributed by atoms with Gasteiger partial charge in [0, 0.05) is 13.1 Å². The van der Waals surface area contributed by atoms with E-state index in [0.717, 1.165) is 5.56 Å². The van der Waals surface area contributed by atoms with Crippen LogP contribution in [0.5, 0.6) is 11.5 Å². The topological polar surface area (TPSA) is 38.8 Å². The number of methoxy groups -OCH3 is 2. The Morgan fingerprint density at radius 3 is 2.35 bits per heavy atom. The Morgan fingerprint density at radius 1 is 1.29 bits per heavy atom. The fraction of sp³-hybridized carbons (Fsp3) is 0.417. The standard InChI is InChI=1S/C12H16ClNO3/c1-8-5-11(17-4)9(6-10(8)16-3)14(2)12(15)7-13/h5-6H,7H2,1-4H3. The molecule has 0 saturated heterocycles. The summed E-state index contributed by atoms with van der Waals surface area (Å²) in [6.07, 6.45) is 0. The zero-order chi connectivity index (χ0) is 13.0. The number of alkyl halides is 1. The van der Waals surface area contributed by atoms with Crippen LogP contribution in [0.4, 0.5) is 5.69 Å². The molecule has 94 valence electrons. The summed E-state index contributed by atoms with van der Waals surface area (Å²) in [6, 6.07) is 3.59. The Labute approximate surface area is 106 Å². The number of anilines is 1. The van der Waals surface area contributed by atoms with Crippen LogP contribution in [0.15, 0.2) is 12.1 Å². The van der Waals surface area contributed by atoms with Crippen LogP contribution < -0.4 is 14.4 Å². The molecule has 0 atom stereocenters. The summed E-state index contributed by atoms with van der Waals surface area (Å²) in [5.41, 5.74) is 1.58. The first-order valence-corrected chi connectivity index (χ1v) is 5.63. The summed E-state index contributed by atoms with van der Waals surface area (Å²) < 4.78 is 10.5. The molecular formula is C12H16ClNO3. The second kappa shape index (κ2) is 5.77. The summed E-state index contributed by atoms with van der Waals surface area (Å²) in [7, 11) is 4.79. The number of rotatable bonds is 4. The van der Waals surface area contributed by atoms with Crippen molar-refractivity contribution >= 4 is 23.2 Å². The van der Waals surface area contributed by atoms with Gasteiger partial charge < -0.3 is 14.4 Å². The molecule has 4 nitrogen and oxygen atoms in total. The van der Waals surface area contributed by atoms with Gasteiger partial charge in [-0.25, -0.2) is 0 Å². The molecule has 17 heavy (non-hydrogen) atoms. The molecule has 0 aliphatic carbocycles. The third-order valence-corrected chi connectivity index (χ3v) is 2.77. The third kappa shape index (κ3) is 2.82. The van der Waals surface area contributed by atoms with Crippen LogP contribution >= 0.6 is 11.6 Å². The van der Waals surface area contributed by atoms with Gasteiger partial charge >= 0.3 is 0 Å². The predicted octanol–water partition coefficient (Wildman–Crippen LogP) is 2.21. The molecular weight excluding hydrogens is 242 g/mol. The summed E-state index contributed by atoms with van der Waals surface area (Å²) in [6.45, 7) is 1.91. The van der Waals surface area contributed by atoms with Gasteiger partial charge in [-0.05, 0) is 18.6 Å². The van der Waals surface area contributed by atoms with E-state index in [1.54, 1.807) is 27.3 Å². The lowest BCUT2D eigenvalue weighted by Crippen LogP contribution is -2.27. The van der Waals surface area contributed by atoms with Crippen molar-refractivity contribution in [2.45, 2.75) is 6.92 Å². The Balaban J connectivity index is 3.25. The Hall–Kier alpha value is -1.42. The SMILES string of the molecule is COc1cc(N(C)C(=O)CCl)c(OC)cc1C. The molecule has 1 rings (SSSR count). The Bertz CT molecular complexity index is 420. The van der Waals surface area contributed by atoms with Gasteiger partial charge in [-0.1, -0.05) is 0 Å². The lowest BCUT2D eigenvalue weighted by Gasteiger charge is -2.20. The maximum Gasteiger partial charge on any atom is 0.241 e. The second-order valence-electron chi connectivity index (χ2n) is 3.58. The van der Waals surface area contributed by atoms with Gasteiger partial charge in [0.2, 0.25) is 5.91 Å². The van der Waals surface area contributed by atoms with Gasteiger partial charge in [0.15, 0.2) is 0 Å². The quantitative estimate of drug-likeness (QED) is 0.777. The van der Waals surface area contributed by atoms with E-state index in [9.17, 15) is 4.79 Å². The highest BCUT2D eigenvalue weighted by Crippen LogP contribution is 2.34. The smallest absolute Gasteiger partial charge is 0.241 e. The molecule has 0 fully saturated rings. The molecule has 5 heteroatoms. The zero-order valence-corrected chi connectivity index (χ0v) is 11.2. The van der Waals surface area contributed by atoms with Crippen LogP contribution in [0.25, 0.3) is 0 Å². The van der Waals surface area contributed by atoms with E-state index in [4.69, 9.17) is 21.1 Å². The lowest BCUT2D eigenvalue weighted by atomic mass is 10.1. The number of ether oxygens (including phenoxy) is 2. The fourth-order valence-electron chi connectivity index (χ4n) is 1.52. The molecule has 0 aliphatic rings. The van der Waals surface area contributed by atoms with Crippen molar-refractivity contribution in [3.8, 4) is 11.5 Å². The molecule has 1 amide bonds. The van der Waals surface area contributed by atoms with Crippen molar-refractivity contribution in [2.24, 2.45) is 0 Å². The largest absolute Gasteiger partial charge is 0.496 e. The van der Waals surface area contributed by atoms with E-state index in [-0.39, 0.29) is 11.8 Å². The van der Waals surface area contributed by atoms with Crippen molar-refractivity contribution in [2.75, 3.05) is 32.0 Å². The average molecular weight is 258 g/mol. The van der Waals surface area contributed by atoms with Gasteiger partial charge in [-0.3, -0.25) is 4.79 Å². The molecule has 0 radical (unpaired) electrons. The number of nitrogens with zero attached hydrogens (tertiary/aromatic N) is 1. The van der Waals surface area contributed by atoms with Crippen LogP contribution in [-0.2, 0) is 4.79 Å². The number of hydrogen-bond donors (Lipinski definition) is 0. The summed E-state index contributed by atoms with van der Waals surface area (Å²) >= 11 is 5.53. The van der Waals surface area contributed by atoms with Gasteiger partial charge in [0.1, 0.15) is 17.4 Å². The summed E-state index contributed by atoms with van der Waals surface area (Å²) in [5, 5.41) is 0. The number of amides is 1. The van der Waals surface area contributed by atoms with Crippen LogP contribution in [0, 0.1) is 6.92 Å². The number of hydrogen-bond acceptors (Lipinski definition) is 3. The molecule has 0 spiro atoms. The minimum atomic E-state index is -0.198. The highest BCUT2D eigenvalue weighted by molar-refractivity contribution is 6.29. The van der Waals surface area contributed by atoms with Gasteiger partial charge in [-0.2, -0.15) is 0 Å². The predicted molar refractivity (Wildman–Crippen MR) is 68.4 cm³/mol. The highest BCUT2D eigenvalue weighted by Gasteiger charge is 2.16. The molecule has 0 bridgehead atoms. The monoisotopic (exact) mass is 257 g/mol. The van der Waals surface area contributed by atoms with Crippen LogP contribution in [0.1, 0.15) is 5.56 Å². The highest BCUT2D eigenvalue weighted by atomic mass is 35.5. The van der Waals surface area contributed by atoms with Crippen LogP contribution in [0.2, 0.25) is 0 Å². The number of benzene rings is 1. The molecule has 1 aromatic rings.